The van der Waals surface area contributed by atoms with Crippen LogP contribution in [0.1, 0.15) is 69.2 Å². The molecule has 256 valence electrons. The van der Waals surface area contributed by atoms with Crippen LogP contribution in [0.2, 0.25) is 0 Å². The van der Waals surface area contributed by atoms with E-state index in [9.17, 15) is 18.4 Å². The summed E-state index contributed by atoms with van der Waals surface area (Å²) in [5.41, 5.74) is 0.629. The molecule has 2 aromatic carbocycles. The number of ether oxygens (including phenoxy) is 2. The van der Waals surface area contributed by atoms with Gasteiger partial charge in [0.1, 0.15) is 22.8 Å². The first-order valence-electron chi connectivity index (χ1n) is 15.6. The zero-order valence-corrected chi connectivity index (χ0v) is 31.7. The Balaban J connectivity index is 0.000000250. The van der Waals surface area contributed by atoms with E-state index < -0.39 is 11.2 Å². The molecule has 2 aromatic rings. The Bertz CT molecular complexity index is 1220. The van der Waals surface area contributed by atoms with Crippen molar-refractivity contribution in [2.75, 3.05) is 36.0 Å². The summed E-state index contributed by atoms with van der Waals surface area (Å²) >= 11 is 6.67. The quantitative estimate of drug-likeness (QED) is 0.304. The lowest BCUT2D eigenvalue weighted by molar-refractivity contribution is 0.0184. The minimum absolute atomic E-state index is 0.0694. The molecule has 12 heteroatoms. The van der Waals surface area contributed by atoms with Gasteiger partial charge in [0.05, 0.1) is 0 Å². The van der Waals surface area contributed by atoms with E-state index in [1.807, 2.05) is 81.4 Å². The molecule has 0 saturated carbocycles. The number of carbonyl (C=O) groups is 2. The summed E-state index contributed by atoms with van der Waals surface area (Å²) in [5, 5.41) is 0. The maximum atomic E-state index is 13.7. The van der Waals surface area contributed by atoms with Gasteiger partial charge in [-0.1, -0.05) is 31.9 Å². The molecule has 4 rings (SSSR count). The van der Waals surface area contributed by atoms with Gasteiger partial charge in [-0.25, -0.2) is 18.4 Å². The van der Waals surface area contributed by atoms with Gasteiger partial charge in [-0.05, 0) is 106 Å². The second-order valence-corrected chi connectivity index (χ2v) is 16.1. The van der Waals surface area contributed by atoms with Crippen LogP contribution in [-0.4, -0.2) is 83.5 Å². The van der Waals surface area contributed by atoms with Crippen LogP contribution in [0.15, 0.2) is 45.3 Å². The Labute approximate surface area is 289 Å². The molecule has 2 heterocycles. The van der Waals surface area contributed by atoms with E-state index in [4.69, 9.17) is 9.47 Å². The molecule has 2 amide bonds. The highest BCUT2D eigenvalue weighted by atomic mass is 79.9. The van der Waals surface area contributed by atoms with Crippen LogP contribution >= 0.6 is 31.9 Å². The average Bonchev–Trinajstić information content (AvgIpc) is 2.85. The number of hydrogen-bond acceptors (Lipinski definition) is 6. The number of nitrogens with zero attached hydrogens (tertiary/aromatic N) is 4. The van der Waals surface area contributed by atoms with Crippen LogP contribution in [0.3, 0.4) is 0 Å². The van der Waals surface area contributed by atoms with E-state index in [1.54, 1.807) is 9.80 Å². The van der Waals surface area contributed by atoms with Crippen molar-refractivity contribution in [2.45, 2.75) is 105 Å². The number of anilines is 2. The highest BCUT2D eigenvalue weighted by Gasteiger charge is 2.35. The van der Waals surface area contributed by atoms with Crippen molar-refractivity contribution < 1.29 is 27.8 Å². The lowest BCUT2D eigenvalue weighted by atomic mass is 10.1. The summed E-state index contributed by atoms with van der Waals surface area (Å²) in [7, 11) is 0. The minimum Gasteiger partial charge on any atom is -0.444 e. The Morgan fingerprint density at radius 1 is 0.609 bits per heavy atom. The van der Waals surface area contributed by atoms with Crippen molar-refractivity contribution in [2.24, 2.45) is 0 Å². The number of carbonyl (C=O) groups excluding carboxylic acids is 2. The van der Waals surface area contributed by atoms with Gasteiger partial charge in [0, 0.05) is 70.7 Å². The van der Waals surface area contributed by atoms with Gasteiger partial charge in [0.25, 0.3) is 0 Å². The first-order chi connectivity index (χ1) is 21.1. The Hall–Kier alpha value is -2.60. The van der Waals surface area contributed by atoms with Gasteiger partial charge in [-0.3, -0.25) is 0 Å². The average molecular weight is 775 g/mol. The predicted molar refractivity (Wildman–Crippen MR) is 187 cm³/mol. The molecule has 2 saturated heterocycles. The van der Waals surface area contributed by atoms with Crippen LogP contribution in [-0.2, 0) is 9.47 Å². The second kappa shape index (κ2) is 15.1. The molecule has 2 aliphatic rings. The third-order valence-electron chi connectivity index (χ3n) is 7.43. The SMILES string of the molecule is C[C@@H]1CN(C(=O)OC(C)(C)C)C[C@H](C)N1c1cc(F)cc(Br)c1.C[C@@H]1CN(C(=O)OC(C)(C)C)C[C@H](C)N1c1cc(F)cc(Br)c1. The van der Waals surface area contributed by atoms with Crippen molar-refractivity contribution in [3.05, 3.63) is 57.0 Å². The summed E-state index contributed by atoms with van der Waals surface area (Å²) in [6.07, 6.45) is -0.590. The molecular weight excluding hydrogens is 726 g/mol. The summed E-state index contributed by atoms with van der Waals surface area (Å²) in [6.45, 7) is 21.5. The van der Waals surface area contributed by atoms with Gasteiger partial charge in [0.15, 0.2) is 0 Å². The number of hydrogen-bond donors (Lipinski definition) is 0. The molecular formula is C34H48Br2F2N4O4. The molecule has 0 N–H and O–H groups in total. The van der Waals surface area contributed by atoms with E-state index in [2.05, 4.69) is 41.7 Å². The van der Waals surface area contributed by atoms with Crippen molar-refractivity contribution in [3.8, 4) is 0 Å². The summed E-state index contributed by atoms with van der Waals surface area (Å²) in [6, 6.07) is 10.0. The van der Waals surface area contributed by atoms with Crippen molar-refractivity contribution in [1.29, 1.82) is 0 Å². The second-order valence-electron chi connectivity index (χ2n) is 14.2. The molecule has 0 unspecified atom stereocenters. The molecule has 0 aliphatic carbocycles. The fourth-order valence-electron chi connectivity index (χ4n) is 5.99. The summed E-state index contributed by atoms with van der Waals surface area (Å²) in [5.74, 6) is -0.549. The zero-order valence-electron chi connectivity index (χ0n) is 28.5. The van der Waals surface area contributed by atoms with Gasteiger partial charge < -0.3 is 29.1 Å². The molecule has 2 aliphatic heterocycles. The van der Waals surface area contributed by atoms with E-state index in [1.165, 1.54) is 24.3 Å². The molecule has 0 radical (unpaired) electrons. The van der Waals surface area contributed by atoms with Gasteiger partial charge in [0.2, 0.25) is 0 Å². The number of halogens is 4. The smallest absolute Gasteiger partial charge is 0.410 e. The standard InChI is InChI=1S/2C17H24BrFN2O2/c2*1-11-9-20(16(22)23-17(3,4)5)10-12(2)21(11)15-7-13(18)6-14(19)8-15/h2*6-8,11-12H,9-10H2,1-5H3/t2*11-,12+. The molecule has 0 spiro atoms. The predicted octanol–water partition coefficient (Wildman–Crippen LogP) is 8.84. The molecule has 4 atom stereocenters. The van der Waals surface area contributed by atoms with Gasteiger partial charge >= 0.3 is 12.2 Å². The normalized spacial score (nSPS) is 22.2. The lowest BCUT2D eigenvalue weighted by Gasteiger charge is -2.45. The number of rotatable bonds is 2. The molecule has 46 heavy (non-hydrogen) atoms. The van der Waals surface area contributed by atoms with Gasteiger partial charge in [-0.2, -0.15) is 0 Å². The largest absolute Gasteiger partial charge is 0.444 e. The molecule has 8 nitrogen and oxygen atoms in total. The fraction of sp³-hybridized carbons (Fsp3) is 0.588. The third-order valence-corrected chi connectivity index (χ3v) is 8.35. The number of amides is 2. The Kier molecular flexibility index (Phi) is 12.4. The zero-order chi connectivity index (χ0) is 34.7. The molecule has 0 bridgehead atoms. The van der Waals surface area contributed by atoms with E-state index >= 15 is 0 Å². The van der Waals surface area contributed by atoms with Crippen molar-refractivity contribution in [1.82, 2.24) is 9.80 Å². The highest BCUT2D eigenvalue weighted by molar-refractivity contribution is 9.10. The summed E-state index contributed by atoms with van der Waals surface area (Å²) in [4.78, 5) is 32.3. The van der Waals surface area contributed by atoms with Crippen molar-refractivity contribution in [3.63, 3.8) is 0 Å². The van der Waals surface area contributed by atoms with Crippen LogP contribution in [0.4, 0.5) is 29.7 Å². The first-order valence-corrected chi connectivity index (χ1v) is 17.2. The number of benzene rings is 2. The highest BCUT2D eigenvalue weighted by Crippen LogP contribution is 2.30. The van der Waals surface area contributed by atoms with E-state index in [0.717, 1.165) is 11.4 Å². The monoisotopic (exact) mass is 772 g/mol. The van der Waals surface area contributed by atoms with Crippen LogP contribution < -0.4 is 9.80 Å². The fourth-order valence-corrected chi connectivity index (χ4v) is 6.90. The molecule has 2 fully saturated rings. The molecule has 0 aromatic heterocycles. The Morgan fingerprint density at radius 2 is 0.891 bits per heavy atom. The van der Waals surface area contributed by atoms with Crippen LogP contribution in [0.5, 0.6) is 0 Å². The number of piperazine rings is 2. The maximum Gasteiger partial charge on any atom is 0.410 e. The Morgan fingerprint density at radius 3 is 1.13 bits per heavy atom. The minimum atomic E-state index is -0.506. The van der Waals surface area contributed by atoms with Crippen molar-refractivity contribution >= 4 is 55.4 Å². The maximum absolute atomic E-state index is 13.7. The van der Waals surface area contributed by atoms with Crippen LogP contribution in [0.25, 0.3) is 0 Å². The summed E-state index contributed by atoms with van der Waals surface area (Å²) < 4.78 is 39.7. The topological polar surface area (TPSA) is 65.6 Å². The van der Waals surface area contributed by atoms with Crippen LogP contribution in [0, 0.1) is 11.6 Å². The lowest BCUT2D eigenvalue weighted by Crippen LogP contribution is -2.58. The first kappa shape index (κ1) is 37.9. The van der Waals surface area contributed by atoms with E-state index in [0.29, 0.717) is 35.1 Å². The third kappa shape index (κ3) is 10.7. The van der Waals surface area contributed by atoms with Gasteiger partial charge in [-0.15, -0.1) is 0 Å². The van der Waals surface area contributed by atoms with E-state index in [-0.39, 0.29) is 48.0 Å².